The molecule has 0 heterocycles. The molecule has 0 radical (unpaired) electrons. The molecule has 0 aliphatic heterocycles. The zero-order valence-corrected chi connectivity index (χ0v) is 14.4. The van der Waals surface area contributed by atoms with E-state index in [1.165, 1.54) is 6.42 Å². The van der Waals surface area contributed by atoms with E-state index in [1.54, 1.807) is 36.5 Å². The van der Waals surface area contributed by atoms with Crippen LogP contribution in [-0.4, -0.2) is 26.5 Å². The van der Waals surface area contributed by atoms with E-state index in [0.29, 0.717) is 11.4 Å². The third kappa shape index (κ3) is 5.50. The van der Waals surface area contributed by atoms with Gasteiger partial charge in [-0.3, -0.25) is 4.79 Å². The molecule has 1 aliphatic carbocycles. The number of carbonyl (C=O) groups excluding carboxylic acids is 1. The summed E-state index contributed by atoms with van der Waals surface area (Å²) in [6.07, 6.45) is 8.58. The first kappa shape index (κ1) is 17.7. The van der Waals surface area contributed by atoms with Crippen molar-refractivity contribution in [1.29, 1.82) is 0 Å². The van der Waals surface area contributed by atoms with Crippen LogP contribution in [0.15, 0.2) is 41.4 Å². The van der Waals surface area contributed by atoms with Crippen LogP contribution in [0.2, 0.25) is 0 Å². The number of hydrogen-bond donors (Lipinski definition) is 1. The molecule has 0 amide bonds. The van der Waals surface area contributed by atoms with Crippen LogP contribution < -0.4 is 5.32 Å². The largest absolute Gasteiger partial charge is 0.390 e. The van der Waals surface area contributed by atoms with E-state index < -0.39 is 9.84 Å². The quantitative estimate of drug-likeness (QED) is 0.614. The van der Waals surface area contributed by atoms with Gasteiger partial charge in [0.1, 0.15) is 0 Å². The van der Waals surface area contributed by atoms with Crippen molar-refractivity contribution in [1.82, 2.24) is 5.32 Å². The summed E-state index contributed by atoms with van der Waals surface area (Å²) in [5.41, 5.74) is 1.03. The summed E-state index contributed by atoms with van der Waals surface area (Å²) in [6.45, 7) is 2.22. The Kier molecular flexibility index (Phi) is 6.39. The van der Waals surface area contributed by atoms with Crippen LogP contribution in [0.4, 0.5) is 0 Å². The van der Waals surface area contributed by atoms with Crippen molar-refractivity contribution in [2.45, 2.75) is 43.9 Å². The predicted molar refractivity (Wildman–Crippen MR) is 92.0 cm³/mol. The molecule has 1 aliphatic rings. The summed E-state index contributed by atoms with van der Waals surface area (Å²) in [5.74, 6) is 0.314. The van der Waals surface area contributed by atoms with Gasteiger partial charge in [-0.15, -0.1) is 0 Å². The van der Waals surface area contributed by atoms with Gasteiger partial charge in [0.15, 0.2) is 15.6 Å². The molecule has 0 spiro atoms. The Morgan fingerprint density at radius 3 is 2.48 bits per heavy atom. The third-order valence-corrected chi connectivity index (χ3v) is 6.00. The van der Waals surface area contributed by atoms with E-state index in [1.807, 2.05) is 6.92 Å². The predicted octanol–water partition coefficient (Wildman–Crippen LogP) is 3.02. The van der Waals surface area contributed by atoms with Gasteiger partial charge in [-0.25, -0.2) is 8.42 Å². The number of sulfone groups is 1. The Labute approximate surface area is 138 Å². The number of benzene rings is 1. The molecule has 23 heavy (non-hydrogen) atoms. The standard InChI is InChI=1S/C18H25NO3S/c1-15-7-9-17(10-8-15)23(21,22)14-13-19-12-11-18(20)16-5-3-2-4-6-16/h7-12,16,19H,2-6,13-14H2,1H3/b12-11+. The first-order valence-electron chi connectivity index (χ1n) is 8.22. The maximum Gasteiger partial charge on any atom is 0.180 e. The van der Waals surface area contributed by atoms with Crippen LogP contribution in [0.5, 0.6) is 0 Å². The fraction of sp³-hybridized carbons (Fsp3) is 0.500. The van der Waals surface area contributed by atoms with Gasteiger partial charge in [0, 0.05) is 12.5 Å². The summed E-state index contributed by atoms with van der Waals surface area (Å²) in [6, 6.07) is 6.85. The van der Waals surface area contributed by atoms with E-state index in [-0.39, 0.29) is 17.5 Å². The van der Waals surface area contributed by atoms with Crippen LogP contribution >= 0.6 is 0 Å². The molecular weight excluding hydrogens is 310 g/mol. The van der Waals surface area contributed by atoms with Gasteiger partial charge in [-0.1, -0.05) is 37.0 Å². The molecule has 1 N–H and O–H groups in total. The van der Waals surface area contributed by atoms with Gasteiger partial charge in [0.25, 0.3) is 0 Å². The highest BCUT2D eigenvalue weighted by Gasteiger charge is 2.18. The Morgan fingerprint density at radius 1 is 1.17 bits per heavy atom. The maximum absolute atomic E-state index is 12.2. The fourth-order valence-electron chi connectivity index (χ4n) is 2.80. The van der Waals surface area contributed by atoms with Crippen molar-refractivity contribution in [3.63, 3.8) is 0 Å². The third-order valence-electron chi connectivity index (χ3n) is 4.27. The van der Waals surface area contributed by atoms with Crippen molar-refractivity contribution in [3.8, 4) is 0 Å². The summed E-state index contributed by atoms with van der Waals surface area (Å²) >= 11 is 0. The Hall–Kier alpha value is -1.62. The van der Waals surface area contributed by atoms with Crippen LogP contribution in [0.3, 0.4) is 0 Å². The minimum absolute atomic E-state index is 0.0119. The van der Waals surface area contributed by atoms with Crippen LogP contribution in [0, 0.1) is 12.8 Å². The van der Waals surface area contributed by atoms with Crippen molar-refractivity contribution in [2.24, 2.45) is 5.92 Å². The smallest absolute Gasteiger partial charge is 0.180 e. The Balaban J connectivity index is 1.76. The number of rotatable bonds is 7. The highest BCUT2D eigenvalue weighted by molar-refractivity contribution is 7.91. The zero-order valence-electron chi connectivity index (χ0n) is 13.6. The molecule has 1 aromatic carbocycles. The Morgan fingerprint density at radius 2 is 1.83 bits per heavy atom. The summed E-state index contributed by atoms with van der Waals surface area (Å²) in [7, 11) is -3.28. The molecule has 4 nitrogen and oxygen atoms in total. The van der Waals surface area contributed by atoms with Crippen molar-refractivity contribution in [2.75, 3.05) is 12.3 Å². The second-order valence-electron chi connectivity index (χ2n) is 6.16. The average Bonchev–Trinajstić information content (AvgIpc) is 2.55. The molecule has 1 aromatic rings. The highest BCUT2D eigenvalue weighted by atomic mass is 32.2. The number of ketones is 1. The number of allylic oxidation sites excluding steroid dienone is 1. The second-order valence-corrected chi connectivity index (χ2v) is 8.27. The van der Waals surface area contributed by atoms with Crippen molar-refractivity contribution >= 4 is 15.6 Å². The topological polar surface area (TPSA) is 63.2 Å². The molecule has 0 unspecified atom stereocenters. The summed E-state index contributed by atoms with van der Waals surface area (Å²) in [4.78, 5) is 12.3. The van der Waals surface area contributed by atoms with Gasteiger partial charge in [0.05, 0.1) is 10.6 Å². The van der Waals surface area contributed by atoms with Gasteiger partial charge in [-0.05, 0) is 44.2 Å². The lowest BCUT2D eigenvalue weighted by molar-refractivity contribution is -0.119. The number of aryl methyl sites for hydroxylation is 1. The zero-order chi connectivity index (χ0) is 16.7. The maximum atomic E-state index is 12.2. The van der Waals surface area contributed by atoms with Gasteiger partial charge in [0.2, 0.25) is 0 Å². The van der Waals surface area contributed by atoms with E-state index in [2.05, 4.69) is 5.32 Å². The van der Waals surface area contributed by atoms with Gasteiger partial charge >= 0.3 is 0 Å². The SMILES string of the molecule is Cc1ccc(S(=O)(=O)CCN/C=C/C(=O)C2CCCCC2)cc1. The van der Waals surface area contributed by atoms with E-state index in [4.69, 9.17) is 0 Å². The van der Waals surface area contributed by atoms with Crippen molar-refractivity contribution < 1.29 is 13.2 Å². The molecule has 126 valence electrons. The normalized spacial score (nSPS) is 16.6. The van der Waals surface area contributed by atoms with Crippen LogP contribution in [0.1, 0.15) is 37.7 Å². The average molecular weight is 335 g/mol. The van der Waals surface area contributed by atoms with Crippen molar-refractivity contribution in [3.05, 3.63) is 42.1 Å². The number of hydrogen-bond acceptors (Lipinski definition) is 4. The van der Waals surface area contributed by atoms with E-state index >= 15 is 0 Å². The number of nitrogens with one attached hydrogen (secondary N) is 1. The second kappa shape index (κ2) is 8.29. The molecule has 5 heteroatoms. The number of carbonyl (C=O) groups is 1. The Bertz CT molecular complexity index is 641. The lowest BCUT2D eigenvalue weighted by Gasteiger charge is -2.18. The first-order valence-corrected chi connectivity index (χ1v) is 9.87. The van der Waals surface area contributed by atoms with E-state index in [0.717, 1.165) is 31.2 Å². The minimum Gasteiger partial charge on any atom is -0.390 e. The minimum atomic E-state index is -3.28. The van der Waals surface area contributed by atoms with Gasteiger partial charge in [-0.2, -0.15) is 0 Å². The van der Waals surface area contributed by atoms with E-state index in [9.17, 15) is 13.2 Å². The molecular formula is C18H25NO3S. The first-order chi connectivity index (χ1) is 11.0. The lowest BCUT2D eigenvalue weighted by Crippen LogP contribution is -2.20. The van der Waals surface area contributed by atoms with Crippen LogP contribution in [-0.2, 0) is 14.6 Å². The monoisotopic (exact) mass is 335 g/mol. The molecule has 0 saturated heterocycles. The highest BCUT2D eigenvalue weighted by Crippen LogP contribution is 2.24. The summed E-state index contributed by atoms with van der Waals surface area (Å²) < 4.78 is 24.3. The molecule has 0 aromatic heterocycles. The molecule has 0 bridgehead atoms. The lowest BCUT2D eigenvalue weighted by atomic mass is 9.86. The molecule has 0 atom stereocenters. The molecule has 1 saturated carbocycles. The molecule has 1 fully saturated rings. The van der Waals surface area contributed by atoms with Crippen LogP contribution in [0.25, 0.3) is 0 Å². The summed E-state index contributed by atoms with van der Waals surface area (Å²) in [5, 5.41) is 2.91. The fourth-order valence-corrected chi connectivity index (χ4v) is 3.98. The van der Waals surface area contributed by atoms with Gasteiger partial charge < -0.3 is 5.32 Å². The molecule has 2 rings (SSSR count).